The minimum absolute atomic E-state index is 0.0280. The van der Waals surface area contributed by atoms with Gasteiger partial charge >= 0.3 is 0 Å². The standard InChI is InChI=1S/C15H23F2NS/c1-14(2,3)11-4-5-12-10(8-11)9-13(19-12)15(16,17)6-7-18/h9,11H,4-8,18H2,1-3H3. The molecule has 2 rings (SSSR count). The van der Waals surface area contributed by atoms with Crippen LogP contribution in [0.25, 0.3) is 0 Å². The molecule has 2 N–H and O–H groups in total. The summed E-state index contributed by atoms with van der Waals surface area (Å²) in [4.78, 5) is 1.37. The molecular weight excluding hydrogens is 264 g/mol. The van der Waals surface area contributed by atoms with E-state index in [1.165, 1.54) is 11.3 Å². The van der Waals surface area contributed by atoms with E-state index < -0.39 is 5.92 Å². The van der Waals surface area contributed by atoms with E-state index >= 15 is 0 Å². The molecule has 1 aromatic rings. The Balaban J connectivity index is 2.21. The van der Waals surface area contributed by atoms with Gasteiger partial charge < -0.3 is 5.73 Å². The van der Waals surface area contributed by atoms with Gasteiger partial charge in [-0.15, -0.1) is 11.3 Å². The van der Waals surface area contributed by atoms with Crippen LogP contribution in [0.5, 0.6) is 0 Å². The molecule has 0 spiro atoms. The number of aryl methyl sites for hydroxylation is 1. The van der Waals surface area contributed by atoms with Crippen LogP contribution in [0.15, 0.2) is 6.07 Å². The average molecular weight is 287 g/mol. The minimum Gasteiger partial charge on any atom is -0.330 e. The first-order valence-corrected chi connectivity index (χ1v) is 7.75. The van der Waals surface area contributed by atoms with Crippen molar-refractivity contribution in [1.82, 2.24) is 0 Å². The summed E-state index contributed by atoms with van der Waals surface area (Å²) < 4.78 is 27.8. The zero-order valence-electron chi connectivity index (χ0n) is 11.9. The lowest BCUT2D eigenvalue weighted by molar-refractivity contribution is -0.00687. The van der Waals surface area contributed by atoms with Gasteiger partial charge in [-0.25, -0.2) is 8.78 Å². The Kier molecular flexibility index (Phi) is 4.03. The number of halogens is 2. The first kappa shape index (κ1) is 14.9. The summed E-state index contributed by atoms with van der Waals surface area (Å²) in [6.07, 6.45) is 2.74. The molecule has 1 nitrogen and oxygen atoms in total. The highest BCUT2D eigenvalue weighted by Crippen LogP contribution is 2.44. The molecule has 0 saturated carbocycles. The molecule has 1 aliphatic carbocycles. The van der Waals surface area contributed by atoms with Crippen molar-refractivity contribution in [2.24, 2.45) is 17.1 Å². The smallest absolute Gasteiger partial charge is 0.283 e. The fourth-order valence-electron chi connectivity index (χ4n) is 2.75. The van der Waals surface area contributed by atoms with E-state index in [2.05, 4.69) is 20.8 Å². The van der Waals surface area contributed by atoms with Crippen molar-refractivity contribution < 1.29 is 8.78 Å². The summed E-state index contributed by atoms with van der Waals surface area (Å²) >= 11 is 1.29. The lowest BCUT2D eigenvalue weighted by Crippen LogP contribution is -2.26. The summed E-state index contributed by atoms with van der Waals surface area (Å²) in [6, 6.07) is 1.73. The quantitative estimate of drug-likeness (QED) is 0.879. The van der Waals surface area contributed by atoms with Crippen LogP contribution in [0.2, 0.25) is 0 Å². The van der Waals surface area contributed by atoms with E-state index in [-0.39, 0.29) is 23.3 Å². The van der Waals surface area contributed by atoms with Crippen LogP contribution >= 0.6 is 11.3 Å². The maximum atomic E-state index is 13.9. The topological polar surface area (TPSA) is 26.0 Å². The third-order valence-electron chi connectivity index (χ3n) is 4.13. The monoisotopic (exact) mass is 287 g/mol. The summed E-state index contributed by atoms with van der Waals surface area (Å²) in [5.41, 5.74) is 6.67. The van der Waals surface area contributed by atoms with E-state index in [1.807, 2.05) is 0 Å². The molecule has 19 heavy (non-hydrogen) atoms. The SMILES string of the molecule is CC(C)(C)C1CCc2sc(C(F)(F)CCN)cc2C1. The zero-order valence-corrected chi connectivity index (χ0v) is 12.7. The van der Waals surface area contributed by atoms with Gasteiger partial charge in [0.1, 0.15) is 0 Å². The molecule has 0 saturated heterocycles. The first-order chi connectivity index (χ1) is 8.74. The van der Waals surface area contributed by atoms with Crippen LogP contribution in [0, 0.1) is 11.3 Å². The van der Waals surface area contributed by atoms with Crippen molar-refractivity contribution in [3.63, 3.8) is 0 Å². The van der Waals surface area contributed by atoms with Crippen molar-refractivity contribution in [3.05, 3.63) is 21.4 Å². The fraction of sp³-hybridized carbons (Fsp3) is 0.733. The van der Waals surface area contributed by atoms with Gasteiger partial charge in [0.05, 0.1) is 4.88 Å². The summed E-state index contributed by atoms with van der Waals surface area (Å²) in [6.45, 7) is 6.73. The van der Waals surface area contributed by atoms with Crippen LogP contribution in [-0.4, -0.2) is 6.54 Å². The highest BCUT2D eigenvalue weighted by molar-refractivity contribution is 7.12. The normalized spacial score (nSPS) is 20.4. The largest absolute Gasteiger partial charge is 0.330 e. The van der Waals surface area contributed by atoms with Crippen LogP contribution < -0.4 is 5.73 Å². The molecule has 1 atom stereocenters. The lowest BCUT2D eigenvalue weighted by Gasteiger charge is -2.33. The Morgan fingerprint density at radius 2 is 2.05 bits per heavy atom. The molecular formula is C15H23F2NS. The highest BCUT2D eigenvalue weighted by Gasteiger charge is 2.36. The lowest BCUT2D eigenvalue weighted by atomic mass is 9.72. The van der Waals surface area contributed by atoms with Crippen molar-refractivity contribution in [1.29, 1.82) is 0 Å². The van der Waals surface area contributed by atoms with Gasteiger partial charge in [0.15, 0.2) is 0 Å². The number of hydrogen-bond donors (Lipinski definition) is 1. The van der Waals surface area contributed by atoms with Crippen LogP contribution in [0.3, 0.4) is 0 Å². The van der Waals surface area contributed by atoms with E-state index in [0.29, 0.717) is 5.92 Å². The van der Waals surface area contributed by atoms with Crippen LogP contribution in [-0.2, 0) is 18.8 Å². The molecule has 0 fully saturated rings. The molecule has 0 aliphatic heterocycles. The van der Waals surface area contributed by atoms with E-state index in [4.69, 9.17) is 5.73 Å². The number of hydrogen-bond acceptors (Lipinski definition) is 2. The van der Waals surface area contributed by atoms with Gasteiger partial charge in [0.25, 0.3) is 5.92 Å². The Labute approximate surface area is 118 Å². The summed E-state index contributed by atoms with van der Waals surface area (Å²) in [7, 11) is 0. The predicted octanol–water partition coefficient (Wildman–Crippen LogP) is 4.34. The second kappa shape index (κ2) is 5.13. The average Bonchev–Trinajstić information content (AvgIpc) is 2.70. The van der Waals surface area contributed by atoms with Gasteiger partial charge in [-0.05, 0) is 48.8 Å². The molecule has 0 aromatic carbocycles. The Morgan fingerprint density at radius 1 is 1.37 bits per heavy atom. The molecule has 1 aliphatic rings. The van der Waals surface area contributed by atoms with E-state index in [0.717, 1.165) is 29.7 Å². The molecule has 4 heteroatoms. The predicted molar refractivity (Wildman–Crippen MR) is 76.9 cm³/mol. The molecule has 1 heterocycles. The third kappa shape index (κ3) is 3.16. The second-order valence-electron chi connectivity index (χ2n) is 6.61. The third-order valence-corrected chi connectivity index (χ3v) is 5.48. The molecule has 0 bridgehead atoms. The first-order valence-electron chi connectivity index (χ1n) is 6.94. The Morgan fingerprint density at radius 3 is 2.63 bits per heavy atom. The van der Waals surface area contributed by atoms with Crippen LogP contribution in [0.4, 0.5) is 8.78 Å². The number of rotatable bonds is 3. The van der Waals surface area contributed by atoms with Crippen molar-refractivity contribution in [2.45, 2.75) is 52.4 Å². The molecule has 1 aromatic heterocycles. The number of thiophene rings is 1. The molecule has 108 valence electrons. The maximum Gasteiger partial charge on any atom is 0.283 e. The summed E-state index contributed by atoms with van der Waals surface area (Å²) in [5, 5.41) is 0. The maximum absolute atomic E-state index is 13.9. The number of alkyl halides is 2. The summed E-state index contributed by atoms with van der Waals surface area (Å²) in [5.74, 6) is -2.17. The van der Waals surface area contributed by atoms with Gasteiger partial charge in [-0.2, -0.15) is 0 Å². The number of fused-ring (bicyclic) bond motifs is 1. The number of nitrogens with two attached hydrogens (primary N) is 1. The zero-order chi connectivity index (χ0) is 14.3. The van der Waals surface area contributed by atoms with Gasteiger partial charge in [0.2, 0.25) is 0 Å². The minimum atomic E-state index is -2.76. The van der Waals surface area contributed by atoms with Gasteiger partial charge in [-0.3, -0.25) is 0 Å². The molecule has 0 radical (unpaired) electrons. The van der Waals surface area contributed by atoms with E-state index in [9.17, 15) is 8.78 Å². The second-order valence-corrected chi connectivity index (χ2v) is 7.74. The van der Waals surface area contributed by atoms with Crippen LogP contribution in [0.1, 0.15) is 48.9 Å². The molecule has 1 unspecified atom stereocenters. The highest BCUT2D eigenvalue weighted by atomic mass is 32.1. The van der Waals surface area contributed by atoms with Gasteiger partial charge in [-0.1, -0.05) is 20.8 Å². The fourth-order valence-corrected chi connectivity index (χ4v) is 3.96. The molecule has 0 amide bonds. The Hall–Kier alpha value is -0.480. The van der Waals surface area contributed by atoms with E-state index in [1.54, 1.807) is 6.07 Å². The van der Waals surface area contributed by atoms with Crippen molar-refractivity contribution >= 4 is 11.3 Å². The van der Waals surface area contributed by atoms with Crippen molar-refractivity contribution in [3.8, 4) is 0 Å². The van der Waals surface area contributed by atoms with Gasteiger partial charge in [0, 0.05) is 11.3 Å². The Bertz CT molecular complexity index is 445. The van der Waals surface area contributed by atoms with Crippen molar-refractivity contribution in [2.75, 3.05) is 6.54 Å².